The molecule has 2 aromatic rings. The van der Waals surface area contributed by atoms with Crippen molar-refractivity contribution in [3.63, 3.8) is 0 Å². The quantitative estimate of drug-likeness (QED) is 0.695. The van der Waals surface area contributed by atoms with E-state index in [-0.39, 0.29) is 12.4 Å². The molecular formula is C22H26FNO3. The number of halogens is 1. The average Bonchev–Trinajstić information content (AvgIpc) is 3.10. The Morgan fingerprint density at radius 1 is 1.19 bits per heavy atom. The Balaban J connectivity index is 1.47. The number of carbonyl (C=O) groups excluding carboxylic acids is 1. The second-order valence-electron chi connectivity index (χ2n) is 7.19. The van der Waals surface area contributed by atoms with Gasteiger partial charge in [0.05, 0.1) is 7.11 Å². The normalized spacial score (nSPS) is 17.1. The van der Waals surface area contributed by atoms with E-state index in [1.54, 1.807) is 13.0 Å². The molecule has 0 saturated carbocycles. The molecule has 1 fully saturated rings. The van der Waals surface area contributed by atoms with Gasteiger partial charge in [-0.25, -0.2) is 9.18 Å². The fourth-order valence-electron chi connectivity index (χ4n) is 3.47. The Morgan fingerprint density at radius 2 is 1.93 bits per heavy atom. The molecule has 1 unspecified atom stereocenters. The van der Waals surface area contributed by atoms with Crippen molar-refractivity contribution < 1.29 is 18.7 Å². The molecule has 144 valence electrons. The van der Waals surface area contributed by atoms with Gasteiger partial charge in [0.25, 0.3) is 0 Å². The number of nitrogens with zero attached hydrogens (tertiary/aromatic N) is 1. The monoisotopic (exact) mass is 371 g/mol. The lowest BCUT2D eigenvalue weighted by molar-refractivity contribution is -0.142. The number of hydrogen-bond acceptors (Lipinski definition) is 4. The minimum Gasteiger partial charge on any atom is -0.482 e. The lowest BCUT2D eigenvalue weighted by atomic mass is 9.98. The van der Waals surface area contributed by atoms with E-state index >= 15 is 0 Å². The van der Waals surface area contributed by atoms with Gasteiger partial charge in [0.2, 0.25) is 0 Å². The second-order valence-corrected chi connectivity index (χ2v) is 7.19. The molecule has 0 amide bonds. The van der Waals surface area contributed by atoms with Crippen LogP contribution in [0.15, 0.2) is 42.5 Å². The van der Waals surface area contributed by atoms with Gasteiger partial charge >= 0.3 is 5.97 Å². The summed E-state index contributed by atoms with van der Waals surface area (Å²) in [6, 6.07) is 13.4. The van der Waals surface area contributed by atoms with Crippen LogP contribution < -0.4 is 4.74 Å². The zero-order valence-electron chi connectivity index (χ0n) is 15.9. The zero-order chi connectivity index (χ0) is 19.2. The highest BCUT2D eigenvalue weighted by atomic mass is 19.1. The molecule has 1 atom stereocenters. The van der Waals surface area contributed by atoms with Crippen molar-refractivity contribution in [2.24, 2.45) is 5.92 Å². The van der Waals surface area contributed by atoms with Crippen molar-refractivity contribution >= 4 is 5.97 Å². The van der Waals surface area contributed by atoms with Crippen molar-refractivity contribution in [2.75, 3.05) is 26.8 Å². The number of methoxy groups -OCH3 is 1. The maximum atomic E-state index is 13.7. The summed E-state index contributed by atoms with van der Waals surface area (Å²) < 4.78 is 23.6. The summed E-state index contributed by atoms with van der Waals surface area (Å²) in [7, 11) is 1.34. The van der Waals surface area contributed by atoms with Gasteiger partial charge in [-0.2, -0.15) is 0 Å². The van der Waals surface area contributed by atoms with Crippen molar-refractivity contribution in [3.8, 4) is 5.75 Å². The first-order valence-corrected chi connectivity index (χ1v) is 9.29. The topological polar surface area (TPSA) is 38.8 Å². The van der Waals surface area contributed by atoms with Crippen molar-refractivity contribution in [3.05, 3.63) is 65.0 Å². The summed E-state index contributed by atoms with van der Waals surface area (Å²) >= 11 is 0. The number of aryl methyl sites for hydroxylation is 1. The van der Waals surface area contributed by atoms with Gasteiger partial charge in [0.1, 0.15) is 11.6 Å². The standard InChI is InChI=1S/C22H26FNO3/c1-16-3-4-18(12-21(16)23)11-19-9-10-24(14-19)13-17-5-7-20(8-6-17)27-15-22(25)26-2/h3-8,12,19H,9-11,13-15H2,1-2H3. The van der Waals surface area contributed by atoms with Gasteiger partial charge in [-0.1, -0.05) is 24.3 Å². The lowest BCUT2D eigenvalue weighted by Gasteiger charge is -2.16. The molecule has 0 bridgehead atoms. The van der Waals surface area contributed by atoms with E-state index in [2.05, 4.69) is 9.64 Å². The molecule has 2 aromatic carbocycles. The van der Waals surface area contributed by atoms with E-state index < -0.39 is 5.97 Å². The highest BCUT2D eigenvalue weighted by Gasteiger charge is 2.22. The van der Waals surface area contributed by atoms with Crippen molar-refractivity contribution in [1.82, 2.24) is 4.90 Å². The SMILES string of the molecule is COC(=O)COc1ccc(CN2CCC(Cc3ccc(C)c(F)c3)C2)cc1. The average molecular weight is 371 g/mol. The molecule has 1 aliphatic rings. The molecule has 1 heterocycles. The number of esters is 1. The molecule has 27 heavy (non-hydrogen) atoms. The Hall–Kier alpha value is -2.40. The minimum absolute atomic E-state index is 0.0801. The molecule has 0 aliphatic carbocycles. The van der Waals surface area contributed by atoms with Crippen LogP contribution in [-0.4, -0.2) is 37.7 Å². The summed E-state index contributed by atoms with van der Waals surface area (Å²) in [5, 5.41) is 0. The minimum atomic E-state index is -0.393. The van der Waals surface area contributed by atoms with Crippen LogP contribution in [0.25, 0.3) is 0 Å². The van der Waals surface area contributed by atoms with Crippen LogP contribution in [0, 0.1) is 18.7 Å². The number of likely N-dealkylation sites (tertiary alicyclic amines) is 1. The van der Waals surface area contributed by atoms with Gasteiger partial charge < -0.3 is 9.47 Å². The summed E-state index contributed by atoms with van der Waals surface area (Å²) in [5.41, 5.74) is 2.99. The Labute approximate surface area is 159 Å². The highest BCUT2D eigenvalue weighted by Crippen LogP contribution is 2.24. The molecule has 1 aliphatic heterocycles. The maximum absolute atomic E-state index is 13.7. The number of carbonyl (C=O) groups is 1. The summed E-state index contributed by atoms with van der Waals surface area (Å²) in [4.78, 5) is 13.5. The second kappa shape index (κ2) is 9.00. The molecule has 0 aromatic heterocycles. The highest BCUT2D eigenvalue weighted by molar-refractivity contribution is 5.70. The predicted molar refractivity (Wildman–Crippen MR) is 102 cm³/mol. The fourth-order valence-corrected chi connectivity index (χ4v) is 3.47. The van der Waals surface area contributed by atoms with E-state index in [0.717, 1.165) is 38.0 Å². The molecule has 5 heteroatoms. The molecule has 0 radical (unpaired) electrons. The van der Waals surface area contributed by atoms with Crippen LogP contribution in [0.2, 0.25) is 0 Å². The van der Waals surface area contributed by atoms with Crippen LogP contribution in [-0.2, 0) is 22.5 Å². The van der Waals surface area contributed by atoms with Crippen LogP contribution in [0.3, 0.4) is 0 Å². The third kappa shape index (κ3) is 5.54. The Kier molecular flexibility index (Phi) is 6.45. The molecule has 0 spiro atoms. The zero-order valence-corrected chi connectivity index (χ0v) is 15.9. The van der Waals surface area contributed by atoms with E-state index in [1.165, 1.54) is 12.7 Å². The fraction of sp³-hybridized carbons (Fsp3) is 0.409. The van der Waals surface area contributed by atoms with Crippen molar-refractivity contribution in [1.29, 1.82) is 0 Å². The first-order valence-electron chi connectivity index (χ1n) is 9.29. The van der Waals surface area contributed by atoms with Crippen LogP contribution in [0.1, 0.15) is 23.1 Å². The number of rotatable bonds is 7. The number of benzene rings is 2. The Morgan fingerprint density at radius 3 is 2.63 bits per heavy atom. The van der Waals surface area contributed by atoms with E-state index in [0.29, 0.717) is 17.2 Å². The third-order valence-electron chi connectivity index (χ3n) is 5.04. The summed E-state index contributed by atoms with van der Waals surface area (Å²) in [5.74, 6) is 0.715. The van der Waals surface area contributed by atoms with E-state index in [9.17, 15) is 9.18 Å². The first kappa shape index (κ1) is 19.4. The lowest BCUT2D eigenvalue weighted by Crippen LogP contribution is -2.20. The Bertz CT molecular complexity index is 776. The third-order valence-corrected chi connectivity index (χ3v) is 5.04. The number of hydrogen-bond donors (Lipinski definition) is 0. The van der Waals surface area contributed by atoms with Crippen molar-refractivity contribution in [2.45, 2.75) is 26.3 Å². The van der Waals surface area contributed by atoms with Gasteiger partial charge in [-0.3, -0.25) is 4.90 Å². The summed E-state index contributed by atoms with van der Waals surface area (Å²) in [6.07, 6.45) is 2.06. The van der Waals surface area contributed by atoms with Crippen LogP contribution in [0.4, 0.5) is 4.39 Å². The van der Waals surface area contributed by atoms with E-state index in [4.69, 9.17) is 4.74 Å². The predicted octanol–water partition coefficient (Wildman–Crippen LogP) is 3.75. The van der Waals surface area contributed by atoms with Gasteiger partial charge in [0.15, 0.2) is 6.61 Å². The van der Waals surface area contributed by atoms with Gasteiger partial charge in [-0.15, -0.1) is 0 Å². The largest absolute Gasteiger partial charge is 0.482 e. The maximum Gasteiger partial charge on any atom is 0.343 e. The van der Waals surface area contributed by atoms with Gasteiger partial charge in [0, 0.05) is 13.1 Å². The summed E-state index contributed by atoms with van der Waals surface area (Å²) in [6.45, 7) is 4.68. The molecular weight excluding hydrogens is 345 g/mol. The van der Waals surface area contributed by atoms with E-state index in [1.807, 2.05) is 36.4 Å². The molecule has 1 saturated heterocycles. The first-order chi connectivity index (χ1) is 13.0. The van der Waals surface area contributed by atoms with Gasteiger partial charge in [-0.05, 0) is 67.1 Å². The molecule has 4 nitrogen and oxygen atoms in total. The smallest absolute Gasteiger partial charge is 0.343 e. The van der Waals surface area contributed by atoms with Crippen LogP contribution in [0.5, 0.6) is 5.75 Å². The number of ether oxygens (including phenoxy) is 2. The van der Waals surface area contributed by atoms with Crippen LogP contribution >= 0.6 is 0 Å². The molecule has 0 N–H and O–H groups in total. The molecule has 3 rings (SSSR count).